The molecule has 2 aliphatic rings. The molecular weight excluding hydrogens is 226 g/mol. The molecule has 96 valence electrons. The van der Waals surface area contributed by atoms with Crippen molar-refractivity contribution in [2.75, 3.05) is 0 Å². The Balaban J connectivity index is 1.86. The second-order valence-corrected chi connectivity index (χ2v) is 5.32. The summed E-state index contributed by atoms with van der Waals surface area (Å²) in [5.74, 6) is 0. The van der Waals surface area contributed by atoms with Crippen molar-refractivity contribution in [1.82, 2.24) is 0 Å². The summed E-state index contributed by atoms with van der Waals surface area (Å²) in [6.45, 7) is 0. The van der Waals surface area contributed by atoms with E-state index < -0.39 is 0 Å². The van der Waals surface area contributed by atoms with Gasteiger partial charge >= 0.3 is 0 Å². The van der Waals surface area contributed by atoms with Crippen LogP contribution in [0.25, 0.3) is 0 Å². The van der Waals surface area contributed by atoms with E-state index in [9.17, 15) is 5.21 Å². The van der Waals surface area contributed by atoms with Crippen LogP contribution < -0.4 is 0 Å². The topological polar surface area (TPSA) is 41.8 Å². The summed E-state index contributed by atoms with van der Waals surface area (Å²) in [4.78, 5) is 0. The second kappa shape index (κ2) is 4.73. The van der Waals surface area contributed by atoms with Crippen LogP contribution in [-0.2, 0) is 4.74 Å². The molecule has 0 unspecified atom stereocenters. The van der Waals surface area contributed by atoms with Gasteiger partial charge in [-0.1, -0.05) is 54.8 Å². The fourth-order valence-electron chi connectivity index (χ4n) is 3.26. The highest BCUT2D eigenvalue weighted by atomic mass is 16.5. The molecule has 0 aromatic heterocycles. The average Bonchev–Trinajstić information content (AvgIpc) is 2.79. The van der Waals surface area contributed by atoms with Crippen molar-refractivity contribution < 1.29 is 9.94 Å². The summed E-state index contributed by atoms with van der Waals surface area (Å²) in [5, 5.41) is 12.8. The molecule has 3 heteroatoms. The zero-order chi connectivity index (χ0) is 12.4. The largest absolute Gasteiger partial charge is 0.411 e. The van der Waals surface area contributed by atoms with Crippen LogP contribution in [0.3, 0.4) is 0 Å². The molecular formula is C15H19NO2. The SMILES string of the molecule is ON=C1C[C@@H](c2ccccc2)OC12CCCCC2. The fourth-order valence-corrected chi connectivity index (χ4v) is 3.26. The molecule has 1 aromatic carbocycles. The van der Waals surface area contributed by atoms with Crippen molar-refractivity contribution >= 4 is 5.71 Å². The van der Waals surface area contributed by atoms with Gasteiger partial charge in [0.1, 0.15) is 5.60 Å². The molecule has 1 saturated heterocycles. The smallest absolute Gasteiger partial charge is 0.110 e. The Labute approximate surface area is 107 Å². The minimum absolute atomic E-state index is 0.0511. The van der Waals surface area contributed by atoms with Gasteiger partial charge in [0, 0.05) is 6.42 Å². The maximum absolute atomic E-state index is 9.26. The molecule has 2 fully saturated rings. The van der Waals surface area contributed by atoms with Crippen molar-refractivity contribution in [2.45, 2.75) is 50.2 Å². The van der Waals surface area contributed by atoms with Crippen LogP contribution in [0.15, 0.2) is 35.5 Å². The van der Waals surface area contributed by atoms with Gasteiger partial charge in [0.2, 0.25) is 0 Å². The van der Waals surface area contributed by atoms with E-state index in [-0.39, 0.29) is 11.7 Å². The van der Waals surface area contributed by atoms with E-state index in [0.717, 1.165) is 25.0 Å². The van der Waals surface area contributed by atoms with E-state index in [4.69, 9.17) is 4.74 Å². The molecule has 3 nitrogen and oxygen atoms in total. The highest BCUT2D eigenvalue weighted by Gasteiger charge is 2.47. The highest BCUT2D eigenvalue weighted by Crippen LogP contribution is 2.45. The summed E-state index contributed by atoms with van der Waals surface area (Å²) in [7, 11) is 0. The van der Waals surface area contributed by atoms with E-state index in [1.165, 1.54) is 24.8 Å². The number of hydrogen-bond acceptors (Lipinski definition) is 3. The van der Waals surface area contributed by atoms with Crippen molar-refractivity contribution in [1.29, 1.82) is 0 Å². The minimum Gasteiger partial charge on any atom is -0.411 e. The number of benzene rings is 1. The first kappa shape index (κ1) is 11.7. The third-order valence-corrected chi connectivity index (χ3v) is 4.23. The number of rotatable bonds is 1. The molecule has 1 spiro atoms. The third kappa shape index (κ3) is 1.93. The van der Waals surface area contributed by atoms with E-state index >= 15 is 0 Å². The predicted octanol–water partition coefficient (Wildman–Crippen LogP) is 3.68. The lowest BCUT2D eigenvalue weighted by molar-refractivity contribution is -0.0409. The van der Waals surface area contributed by atoms with Gasteiger partial charge in [0.25, 0.3) is 0 Å². The Morgan fingerprint density at radius 1 is 1.11 bits per heavy atom. The molecule has 0 bridgehead atoms. The van der Waals surface area contributed by atoms with E-state index in [0.29, 0.717) is 0 Å². The second-order valence-electron chi connectivity index (χ2n) is 5.32. The monoisotopic (exact) mass is 245 g/mol. The van der Waals surface area contributed by atoms with Crippen molar-refractivity contribution in [3.63, 3.8) is 0 Å². The van der Waals surface area contributed by atoms with Crippen molar-refractivity contribution in [2.24, 2.45) is 5.16 Å². The van der Waals surface area contributed by atoms with Gasteiger partial charge in [-0.2, -0.15) is 0 Å². The standard InChI is InChI=1S/C15H19NO2/c17-16-14-11-13(12-7-3-1-4-8-12)18-15(14)9-5-2-6-10-15/h1,3-4,7-8,13,17H,2,5-6,9-11H2/t13-/m0/s1. The molecule has 1 aliphatic carbocycles. The molecule has 0 radical (unpaired) electrons. The molecule has 1 saturated carbocycles. The van der Waals surface area contributed by atoms with Gasteiger partial charge in [0.05, 0.1) is 11.8 Å². The molecule has 3 rings (SSSR count). The third-order valence-electron chi connectivity index (χ3n) is 4.23. The van der Waals surface area contributed by atoms with Gasteiger partial charge < -0.3 is 9.94 Å². The lowest BCUT2D eigenvalue weighted by atomic mass is 9.81. The van der Waals surface area contributed by atoms with Gasteiger partial charge in [-0.05, 0) is 18.4 Å². The Kier molecular flexibility index (Phi) is 3.08. The van der Waals surface area contributed by atoms with Crippen LogP contribution in [0.4, 0.5) is 0 Å². The maximum atomic E-state index is 9.26. The zero-order valence-electron chi connectivity index (χ0n) is 10.5. The Bertz CT molecular complexity index is 435. The summed E-state index contributed by atoms with van der Waals surface area (Å²) in [5.41, 5.74) is 1.74. The Morgan fingerprint density at radius 2 is 1.83 bits per heavy atom. The summed E-state index contributed by atoms with van der Waals surface area (Å²) in [6.07, 6.45) is 6.36. The molecule has 1 N–H and O–H groups in total. The molecule has 1 heterocycles. The van der Waals surface area contributed by atoms with Crippen molar-refractivity contribution in [3.8, 4) is 0 Å². The van der Waals surface area contributed by atoms with Crippen LogP contribution in [0.5, 0.6) is 0 Å². The lowest BCUT2D eigenvalue weighted by Crippen LogP contribution is -2.38. The zero-order valence-corrected chi connectivity index (χ0v) is 10.5. The van der Waals surface area contributed by atoms with Crippen molar-refractivity contribution in [3.05, 3.63) is 35.9 Å². The number of oxime groups is 1. The maximum Gasteiger partial charge on any atom is 0.110 e. The van der Waals surface area contributed by atoms with E-state index in [1.807, 2.05) is 18.2 Å². The molecule has 18 heavy (non-hydrogen) atoms. The molecule has 1 aromatic rings. The highest BCUT2D eigenvalue weighted by molar-refractivity contribution is 5.94. The van der Waals surface area contributed by atoms with Crippen LogP contribution in [0.2, 0.25) is 0 Å². The Morgan fingerprint density at radius 3 is 2.50 bits per heavy atom. The molecule has 1 aliphatic heterocycles. The summed E-state index contributed by atoms with van der Waals surface area (Å²) < 4.78 is 6.29. The average molecular weight is 245 g/mol. The normalized spacial score (nSPS) is 28.9. The Hall–Kier alpha value is -1.35. The van der Waals surface area contributed by atoms with Gasteiger partial charge in [-0.25, -0.2) is 0 Å². The first-order chi connectivity index (χ1) is 8.84. The first-order valence-electron chi connectivity index (χ1n) is 6.78. The van der Waals surface area contributed by atoms with E-state index in [1.54, 1.807) is 0 Å². The lowest BCUT2D eigenvalue weighted by Gasteiger charge is -2.33. The van der Waals surface area contributed by atoms with Crippen LogP contribution in [0, 0.1) is 0 Å². The molecule has 1 atom stereocenters. The van der Waals surface area contributed by atoms with Gasteiger partial charge in [0.15, 0.2) is 0 Å². The number of nitrogens with zero attached hydrogens (tertiary/aromatic N) is 1. The minimum atomic E-state index is -0.284. The number of hydrogen-bond donors (Lipinski definition) is 1. The summed E-state index contributed by atoms with van der Waals surface area (Å²) >= 11 is 0. The fraction of sp³-hybridized carbons (Fsp3) is 0.533. The first-order valence-corrected chi connectivity index (χ1v) is 6.78. The molecule has 0 amide bonds. The van der Waals surface area contributed by atoms with Crippen LogP contribution in [-0.4, -0.2) is 16.5 Å². The van der Waals surface area contributed by atoms with Gasteiger partial charge in [-0.3, -0.25) is 0 Å². The van der Waals surface area contributed by atoms with Crippen LogP contribution in [0.1, 0.15) is 50.2 Å². The summed E-state index contributed by atoms with van der Waals surface area (Å²) in [6, 6.07) is 10.2. The van der Waals surface area contributed by atoms with E-state index in [2.05, 4.69) is 17.3 Å². The number of ether oxygens (including phenoxy) is 1. The quantitative estimate of drug-likeness (QED) is 0.605. The van der Waals surface area contributed by atoms with Gasteiger partial charge in [-0.15, -0.1) is 0 Å². The predicted molar refractivity (Wildman–Crippen MR) is 69.9 cm³/mol. The van der Waals surface area contributed by atoms with Crippen LogP contribution >= 0.6 is 0 Å².